The number of hydrogen-bond acceptors (Lipinski definition) is 5. The molecule has 1 saturated heterocycles. The van der Waals surface area contributed by atoms with E-state index in [0.29, 0.717) is 25.4 Å². The first-order valence-corrected chi connectivity index (χ1v) is 6.37. The Hall–Kier alpha value is -1.24. The van der Waals surface area contributed by atoms with E-state index in [1.165, 1.54) is 6.07 Å². The van der Waals surface area contributed by atoms with Crippen molar-refractivity contribution in [3.05, 3.63) is 27.9 Å². The summed E-state index contributed by atoms with van der Waals surface area (Å²) < 4.78 is 5.68. The van der Waals surface area contributed by atoms with Gasteiger partial charge in [0.15, 0.2) is 0 Å². The molecular weight excluding hydrogens is 232 g/mol. The number of ether oxygens (including phenoxy) is 1. The molecule has 0 spiro atoms. The summed E-state index contributed by atoms with van der Waals surface area (Å²) >= 11 is 0. The molecule has 2 rings (SSSR count). The minimum absolute atomic E-state index is 0.138. The van der Waals surface area contributed by atoms with Gasteiger partial charge in [-0.1, -0.05) is 6.92 Å². The molecule has 1 fully saturated rings. The fourth-order valence-electron chi connectivity index (χ4n) is 2.11. The molecule has 100 valence electrons. The number of aromatic nitrogens is 2. The maximum atomic E-state index is 11.6. The molecule has 2 heterocycles. The molecule has 0 radical (unpaired) electrons. The molecule has 0 bridgehead atoms. The van der Waals surface area contributed by atoms with Crippen molar-refractivity contribution < 1.29 is 4.74 Å². The summed E-state index contributed by atoms with van der Waals surface area (Å²) in [6.07, 6.45) is 0.463. The highest BCUT2D eigenvalue weighted by molar-refractivity contribution is 5.06. The van der Waals surface area contributed by atoms with E-state index in [1.54, 1.807) is 0 Å². The third-order valence-corrected chi connectivity index (χ3v) is 3.12. The number of hydrogen-bond donors (Lipinski definition) is 2. The average molecular weight is 252 g/mol. The van der Waals surface area contributed by atoms with Crippen LogP contribution in [0.15, 0.2) is 10.9 Å². The van der Waals surface area contributed by atoms with Crippen molar-refractivity contribution in [1.82, 2.24) is 14.9 Å². The molecule has 1 aliphatic rings. The Morgan fingerprint density at radius 1 is 1.67 bits per heavy atom. The van der Waals surface area contributed by atoms with E-state index >= 15 is 0 Å². The molecule has 0 aliphatic carbocycles. The fraction of sp³-hybridized carbons (Fsp3) is 0.667. The van der Waals surface area contributed by atoms with Gasteiger partial charge < -0.3 is 15.5 Å². The van der Waals surface area contributed by atoms with Crippen LogP contribution in [0.5, 0.6) is 0 Å². The summed E-state index contributed by atoms with van der Waals surface area (Å²) in [6.45, 7) is 5.95. The van der Waals surface area contributed by atoms with Gasteiger partial charge in [-0.25, -0.2) is 4.98 Å². The number of morpholine rings is 1. The molecule has 3 N–H and O–H groups in total. The number of likely N-dealkylation sites (N-methyl/N-ethyl adjacent to an activating group) is 1. The Bertz CT molecular complexity index is 446. The average Bonchev–Trinajstić information content (AvgIpc) is 2.38. The second-order valence-electron chi connectivity index (χ2n) is 4.41. The van der Waals surface area contributed by atoms with Gasteiger partial charge in [-0.15, -0.1) is 0 Å². The van der Waals surface area contributed by atoms with Crippen LogP contribution in [-0.4, -0.2) is 47.7 Å². The number of H-pyrrole nitrogens is 1. The van der Waals surface area contributed by atoms with Gasteiger partial charge >= 0.3 is 0 Å². The van der Waals surface area contributed by atoms with Crippen LogP contribution in [-0.2, 0) is 11.2 Å². The van der Waals surface area contributed by atoms with Gasteiger partial charge in [0.05, 0.1) is 6.61 Å². The lowest BCUT2D eigenvalue weighted by Crippen LogP contribution is -2.39. The zero-order valence-corrected chi connectivity index (χ0v) is 10.7. The topological polar surface area (TPSA) is 84.2 Å². The molecule has 0 saturated carbocycles. The van der Waals surface area contributed by atoms with E-state index in [0.717, 1.165) is 25.3 Å². The minimum atomic E-state index is -0.149. The Kier molecular flexibility index (Phi) is 4.46. The Balaban J connectivity index is 2.18. The molecule has 1 aliphatic heterocycles. The monoisotopic (exact) mass is 252 g/mol. The maximum Gasteiger partial charge on any atom is 0.251 e. The minimum Gasteiger partial charge on any atom is -0.368 e. The first-order chi connectivity index (χ1) is 8.72. The van der Waals surface area contributed by atoms with Gasteiger partial charge in [-0.05, 0) is 13.1 Å². The predicted molar refractivity (Wildman–Crippen MR) is 68.4 cm³/mol. The van der Waals surface area contributed by atoms with Gasteiger partial charge in [-0.3, -0.25) is 9.69 Å². The summed E-state index contributed by atoms with van der Waals surface area (Å²) in [5.74, 6) is 0.615. The maximum absolute atomic E-state index is 11.6. The van der Waals surface area contributed by atoms with E-state index in [4.69, 9.17) is 10.5 Å². The quantitative estimate of drug-likeness (QED) is 0.766. The van der Waals surface area contributed by atoms with Gasteiger partial charge in [0, 0.05) is 31.3 Å². The van der Waals surface area contributed by atoms with Gasteiger partial charge in [0.1, 0.15) is 11.9 Å². The highest BCUT2D eigenvalue weighted by Crippen LogP contribution is 2.18. The Morgan fingerprint density at radius 3 is 3.22 bits per heavy atom. The lowest BCUT2D eigenvalue weighted by atomic mass is 10.2. The molecule has 1 atom stereocenters. The Morgan fingerprint density at radius 2 is 2.50 bits per heavy atom. The van der Waals surface area contributed by atoms with Crippen molar-refractivity contribution >= 4 is 0 Å². The normalized spacial score (nSPS) is 21.1. The van der Waals surface area contributed by atoms with Crippen LogP contribution in [0, 0.1) is 0 Å². The largest absolute Gasteiger partial charge is 0.368 e. The summed E-state index contributed by atoms with van der Waals surface area (Å²) in [4.78, 5) is 21.0. The number of nitrogens with two attached hydrogens (primary N) is 1. The summed E-state index contributed by atoms with van der Waals surface area (Å²) in [5, 5.41) is 0. The fourth-order valence-corrected chi connectivity index (χ4v) is 2.11. The van der Waals surface area contributed by atoms with E-state index < -0.39 is 0 Å². The van der Waals surface area contributed by atoms with E-state index in [-0.39, 0.29) is 11.7 Å². The molecule has 6 heteroatoms. The molecule has 1 aromatic rings. The van der Waals surface area contributed by atoms with Crippen LogP contribution in [0.1, 0.15) is 24.5 Å². The van der Waals surface area contributed by atoms with Gasteiger partial charge in [0.2, 0.25) is 0 Å². The van der Waals surface area contributed by atoms with Crippen LogP contribution in [0.2, 0.25) is 0 Å². The van der Waals surface area contributed by atoms with Crippen molar-refractivity contribution in [1.29, 1.82) is 0 Å². The molecule has 0 amide bonds. The zero-order chi connectivity index (χ0) is 13.0. The van der Waals surface area contributed by atoms with E-state index in [2.05, 4.69) is 21.8 Å². The van der Waals surface area contributed by atoms with Gasteiger partial charge in [-0.2, -0.15) is 0 Å². The lowest BCUT2D eigenvalue weighted by molar-refractivity contribution is -0.0327. The third-order valence-electron chi connectivity index (χ3n) is 3.12. The number of nitrogens with zero attached hydrogens (tertiary/aromatic N) is 2. The van der Waals surface area contributed by atoms with Crippen molar-refractivity contribution in [3.8, 4) is 0 Å². The second kappa shape index (κ2) is 6.08. The van der Waals surface area contributed by atoms with Crippen LogP contribution < -0.4 is 11.3 Å². The first kappa shape index (κ1) is 13.2. The number of aromatic amines is 1. The van der Waals surface area contributed by atoms with Crippen LogP contribution in [0.3, 0.4) is 0 Å². The van der Waals surface area contributed by atoms with E-state index in [9.17, 15) is 4.79 Å². The number of rotatable bonds is 4. The number of nitrogens with one attached hydrogen (secondary N) is 1. The highest BCUT2D eigenvalue weighted by atomic mass is 16.5. The van der Waals surface area contributed by atoms with Crippen molar-refractivity contribution in [2.75, 3.05) is 32.8 Å². The molecular formula is C12H20N4O2. The van der Waals surface area contributed by atoms with Gasteiger partial charge in [0.25, 0.3) is 5.56 Å². The molecule has 0 aromatic carbocycles. The second-order valence-corrected chi connectivity index (χ2v) is 4.41. The SMILES string of the molecule is CCN1CCOC(c2nc(CCN)cc(=O)[nH]2)C1. The molecule has 1 aromatic heterocycles. The molecule has 1 unspecified atom stereocenters. The summed E-state index contributed by atoms with van der Waals surface area (Å²) in [5.41, 5.74) is 6.08. The molecule has 6 nitrogen and oxygen atoms in total. The van der Waals surface area contributed by atoms with Crippen LogP contribution in [0.4, 0.5) is 0 Å². The standard InChI is InChI=1S/C12H20N4O2/c1-2-16-5-6-18-10(8-16)12-14-9(3-4-13)7-11(17)15-12/h7,10H,2-6,8,13H2,1H3,(H,14,15,17). The lowest BCUT2D eigenvalue weighted by Gasteiger charge is -2.31. The smallest absolute Gasteiger partial charge is 0.251 e. The van der Waals surface area contributed by atoms with Crippen LogP contribution in [0.25, 0.3) is 0 Å². The summed E-state index contributed by atoms with van der Waals surface area (Å²) in [7, 11) is 0. The third kappa shape index (κ3) is 3.16. The Labute approximate surface area is 106 Å². The molecule has 18 heavy (non-hydrogen) atoms. The zero-order valence-electron chi connectivity index (χ0n) is 10.7. The van der Waals surface area contributed by atoms with Crippen molar-refractivity contribution in [2.45, 2.75) is 19.4 Å². The predicted octanol–water partition coefficient (Wildman–Crippen LogP) is -0.336. The van der Waals surface area contributed by atoms with Crippen molar-refractivity contribution in [3.63, 3.8) is 0 Å². The summed E-state index contributed by atoms with van der Waals surface area (Å²) in [6, 6.07) is 1.50. The van der Waals surface area contributed by atoms with E-state index in [1.807, 2.05) is 0 Å². The highest BCUT2D eigenvalue weighted by Gasteiger charge is 2.23. The van der Waals surface area contributed by atoms with Crippen molar-refractivity contribution in [2.24, 2.45) is 5.73 Å². The van der Waals surface area contributed by atoms with Crippen LogP contribution >= 0.6 is 0 Å². The first-order valence-electron chi connectivity index (χ1n) is 6.37.